The minimum absolute atomic E-state index is 0.259. The van der Waals surface area contributed by atoms with Crippen LogP contribution in [0.3, 0.4) is 0 Å². The minimum Gasteiger partial charge on any atom is -0.384 e. The average molecular weight is 326 g/mol. The molecule has 0 amide bonds. The van der Waals surface area contributed by atoms with Crippen LogP contribution in [0.2, 0.25) is 0 Å². The Balaban J connectivity index is 2.71. The fourth-order valence-electron chi connectivity index (χ4n) is 2.88. The molecule has 7 nitrogen and oxygen atoms in total. The van der Waals surface area contributed by atoms with E-state index in [1.54, 1.807) is 12.3 Å². The maximum absolute atomic E-state index is 12.5. The molecule has 24 heavy (non-hydrogen) atoms. The van der Waals surface area contributed by atoms with E-state index in [1.807, 2.05) is 13.0 Å². The van der Waals surface area contributed by atoms with Crippen molar-refractivity contribution in [3.05, 3.63) is 58.8 Å². The van der Waals surface area contributed by atoms with Crippen LogP contribution in [-0.4, -0.2) is 15.7 Å². The average Bonchev–Trinajstić information content (AvgIpc) is 3.06. The number of aromatic amines is 1. The predicted octanol–water partition coefficient (Wildman–Crippen LogP) is 1.52. The normalized spacial score (nSPS) is 20.2. The number of anilines is 1. The van der Waals surface area contributed by atoms with Crippen molar-refractivity contribution in [2.45, 2.75) is 31.8 Å². The van der Waals surface area contributed by atoms with Gasteiger partial charge in [0.05, 0.1) is 29.5 Å². The van der Waals surface area contributed by atoms with Gasteiger partial charge in [0.15, 0.2) is 0 Å². The molecule has 7 heteroatoms. The van der Waals surface area contributed by atoms with E-state index in [4.69, 9.17) is 16.7 Å². The number of allylic oxidation sites excluding steroid dienone is 4. The lowest BCUT2D eigenvalue weighted by molar-refractivity contribution is 0.578. The molecular weight excluding hydrogens is 304 g/mol. The van der Waals surface area contributed by atoms with Crippen LogP contribution in [0.5, 0.6) is 0 Å². The summed E-state index contributed by atoms with van der Waals surface area (Å²) in [4.78, 5) is 15.1. The molecule has 2 heterocycles. The summed E-state index contributed by atoms with van der Waals surface area (Å²) in [5.41, 5.74) is 14.4. The Morgan fingerprint density at radius 1 is 1.58 bits per heavy atom. The van der Waals surface area contributed by atoms with E-state index in [2.05, 4.69) is 29.5 Å². The molecule has 0 spiro atoms. The second-order valence-electron chi connectivity index (χ2n) is 5.65. The van der Waals surface area contributed by atoms with Gasteiger partial charge in [-0.1, -0.05) is 24.8 Å². The highest BCUT2D eigenvalue weighted by molar-refractivity contribution is 5.68. The third-order valence-electron chi connectivity index (χ3n) is 4.00. The van der Waals surface area contributed by atoms with Crippen LogP contribution in [0, 0.1) is 11.3 Å². The van der Waals surface area contributed by atoms with Crippen molar-refractivity contribution >= 4 is 11.5 Å². The van der Waals surface area contributed by atoms with E-state index < -0.39 is 0 Å². The van der Waals surface area contributed by atoms with Crippen LogP contribution in [-0.2, 0) is 0 Å². The molecule has 0 aromatic carbocycles. The van der Waals surface area contributed by atoms with Crippen molar-refractivity contribution in [1.82, 2.24) is 14.9 Å². The largest absolute Gasteiger partial charge is 0.384 e. The van der Waals surface area contributed by atoms with Gasteiger partial charge in [-0.05, 0) is 31.2 Å². The van der Waals surface area contributed by atoms with Crippen LogP contribution in [0.4, 0.5) is 5.82 Å². The molecule has 1 aromatic heterocycles. The monoisotopic (exact) mass is 326 g/mol. The van der Waals surface area contributed by atoms with Gasteiger partial charge in [-0.15, -0.1) is 0 Å². The van der Waals surface area contributed by atoms with Gasteiger partial charge >= 0.3 is 5.69 Å². The van der Waals surface area contributed by atoms with E-state index in [9.17, 15) is 4.79 Å². The van der Waals surface area contributed by atoms with Crippen LogP contribution in [0.25, 0.3) is 5.70 Å². The van der Waals surface area contributed by atoms with E-state index >= 15 is 0 Å². The maximum Gasteiger partial charge on any atom is 0.331 e. The number of nitrogen functional groups attached to an aromatic ring is 1. The number of H-pyrrole nitrogens is 1. The maximum atomic E-state index is 12.5. The Labute approximate surface area is 140 Å². The topological polar surface area (TPSA) is 126 Å². The van der Waals surface area contributed by atoms with Gasteiger partial charge in [-0.25, -0.2) is 4.79 Å². The van der Waals surface area contributed by atoms with Crippen molar-refractivity contribution in [2.24, 2.45) is 5.73 Å². The SMILES string of the molecule is C=C/C(=C(/CCC#N)C(=C)C)n1c(C2C=CNC2N)c(N)[nH]c1=O. The number of hydrogen-bond acceptors (Lipinski definition) is 5. The quantitative estimate of drug-likeness (QED) is 0.590. The first-order valence-corrected chi connectivity index (χ1v) is 7.59. The molecule has 1 aliphatic heterocycles. The van der Waals surface area contributed by atoms with Crippen LogP contribution < -0.4 is 22.5 Å². The van der Waals surface area contributed by atoms with Crippen LogP contribution in [0.1, 0.15) is 31.4 Å². The number of nitriles is 1. The molecule has 0 aliphatic carbocycles. The van der Waals surface area contributed by atoms with Gasteiger partial charge in [0.25, 0.3) is 0 Å². The van der Waals surface area contributed by atoms with Crippen molar-refractivity contribution in [3.63, 3.8) is 0 Å². The number of nitrogens with two attached hydrogens (primary N) is 2. The zero-order valence-electron chi connectivity index (χ0n) is 13.7. The van der Waals surface area contributed by atoms with Gasteiger partial charge < -0.3 is 16.8 Å². The highest BCUT2D eigenvalue weighted by Gasteiger charge is 2.29. The third kappa shape index (κ3) is 3.05. The smallest absolute Gasteiger partial charge is 0.331 e. The van der Waals surface area contributed by atoms with E-state index in [1.165, 1.54) is 4.57 Å². The summed E-state index contributed by atoms with van der Waals surface area (Å²) in [6, 6.07) is 2.11. The second-order valence-corrected chi connectivity index (χ2v) is 5.65. The fourth-order valence-corrected chi connectivity index (χ4v) is 2.88. The Morgan fingerprint density at radius 3 is 2.79 bits per heavy atom. The number of aromatic nitrogens is 2. The highest BCUT2D eigenvalue weighted by atomic mass is 16.1. The number of rotatable bonds is 6. The van der Waals surface area contributed by atoms with Crippen molar-refractivity contribution in [1.29, 1.82) is 5.26 Å². The van der Waals surface area contributed by atoms with Gasteiger partial charge in [0.1, 0.15) is 5.82 Å². The predicted molar refractivity (Wildman–Crippen MR) is 95.5 cm³/mol. The number of nitrogens with one attached hydrogen (secondary N) is 2. The molecule has 2 atom stereocenters. The molecule has 2 unspecified atom stereocenters. The minimum atomic E-state index is -0.382. The molecular formula is C17H22N6O. The summed E-state index contributed by atoms with van der Waals surface area (Å²) >= 11 is 0. The van der Waals surface area contributed by atoms with Gasteiger partial charge in [0, 0.05) is 6.42 Å². The van der Waals surface area contributed by atoms with Gasteiger partial charge in [0.2, 0.25) is 0 Å². The van der Waals surface area contributed by atoms with Crippen LogP contribution in [0.15, 0.2) is 47.5 Å². The highest BCUT2D eigenvalue weighted by Crippen LogP contribution is 2.31. The molecule has 0 saturated heterocycles. The summed E-state index contributed by atoms with van der Waals surface area (Å²) < 4.78 is 1.48. The molecule has 0 fully saturated rings. The number of hydrogen-bond donors (Lipinski definition) is 4. The molecule has 6 N–H and O–H groups in total. The lowest BCUT2D eigenvalue weighted by Gasteiger charge is -2.20. The molecule has 0 saturated carbocycles. The fraction of sp³-hybridized carbons (Fsp3) is 0.294. The van der Waals surface area contributed by atoms with E-state index in [0.29, 0.717) is 24.2 Å². The Bertz CT molecular complexity index is 817. The van der Waals surface area contributed by atoms with Crippen molar-refractivity contribution in [2.75, 3.05) is 5.73 Å². The molecule has 0 radical (unpaired) electrons. The first-order chi connectivity index (χ1) is 11.4. The van der Waals surface area contributed by atoms with Crippen LogP contribution >= 0.6 is 0 Å². The third-order valence-corrected chi connectivity index (χ3v) is 4.00. The summed E-state index contributed by atoms with van der Waals surface area (Å²) in [7, 11) is 0. The lowest BCUT2D eigenvalue weighted by atomic mass is 9.99. The lowest BCUT2D eigenvalue weighted by Crippen LogP contribution is -2.36. The zero-order chi connectivity index (χ0) is 17.9. The zero-order valence-corrected chi connectivity index (χ0v) is 13.7. The summed E-state index contributed by atoms with van der Waals surface area (Å²) in [6.45, 7) is 9.62. The van der Waals surface area contributed by atoms with Gasteiger partial charge in [-0.3, -0.25) is 9.55 Å². The summed E-state index contributed by atoms with van der Waals surface area (Å²) in [5, 5.41) is 11.9. The van der Waals surface area contributed by atoms with E-state index in [-0.39, 0.29) is 23.6 Å². The Morgan fingerprint density at radius 2 is 2.29 bits per heavy atom. The summed E-state index contributed by atoms with van der Waals surface area (Å²) in [6.07, 6.45) is 5.58. The Hall–Kier alpha value is -2.98. The number of imidazole rings is 1. The molecule has 1 aromatic rings. The Kier molecular flexibility index (Phi) is 5.11. The molecule has 0 bridgehead atoms. The van der Waals surface area contributed by atoms with E-state index in [0.717, 1.165) is 11.1 Å². The molecule has 1 aliphatic rings. The van der Waals surface area contributed by atoms with Crippen molar-refractivity contribution in [3.8, 4) is 6.07 Å². The standard InChI is InChI=1S/C17H22N6O/c1-4-13(11(10(2)3)6-5-8-18)23-14(16(20)22-17(23)24)12-7-9-21-15(12)19/h4,7,9,12,15,21H,1-2,5-6,19-20H2,3H3,(H,22,24)/b13-11+. The van der Waals surface area contributed by atoms with Crippen molar-refractivity contribution < 1.29 is 0 Å². The first kappa shape index (κ1) is 17.4. The molecule has 126 valence electrons. The number of nitrogens with zero attached hydrogens (tertiary/aromatic N) is 2. The molecule has 2 rings (SSSR count). The first-order valence-electron chi connectivity index (χ1n) is 7.59. The summed E-state index contributed by atoms with van der Waals surface area (Å²) in [5.74, 6) is -0.00395. The van der Waals surface area contributed by atoms with Gasteiger partial charge in [-0.2, -0.15) is 5.26 Å². The second kappa shape index (κ2) is 7.06.